The molecule has 0 aliphatic carbocycles. The lowest BCUT2D eigenvalue weighted by Gasteiger charge is -2.06. The van der Waals surface area contributed by atoms with Crippen LogP contribution in [0, 0.1) is 9.39 Å². The van der Waals surface area contributed by atoms with E-state index in [0.717, 1.165) is 3.57 Å². The van der Waals surface area contributed by atoms with Crippen molar-refractivity contribution in [3.05, 3.63) is 61.9 Å². The van der Waals surface area contributed by atoms with Gasteiger partial charge in [-0.25, -0.2) is 4.39 Å². The molecule has 0 aromatic heterocycles. The average molecular weight is 420 g/mol. The highest BCUT2D eigenvalue weighted by Gasteiger charge is 2.12. The van der Waals surface area contributed by atoms with E-state index in [-0.39, 0.29) is 5.56 Å². The van der Waals surface area contributed by atoms with Gasteiger partial charge in [0.1, 0.15) is 5.82 Å². The Bertz CT molecular complexity index is 586. The summed E-state index contributed by atoms with van der Waals surface area (Å²) in [6.07, 6.45) is 0. The van der Waals surface area contributed by atoms with E-state index >= 15 is 0 Å². The summed E-state index contributed by atoms with van der Waals surface area (Å²) < 4.78 is 15.2. The van der Waals surface area contributed by atoms with Crippen LogP contribution in [0.15, 0.2) is 46.9 Å². The third-order valence-corrected chi connectivity index (χ3v) is 3.49. The molecular formula is C13H8BrFINO. The van der Waals surface area contributed by atoms with E-state index in [2.05, 4.69) is 43.8 Å². The van der Waals surface area contributed by atoms with Crippen molar-refractivity contribution in [2.45, 2.75) is 0 Å². The second kappa shape index (κ2) is 5.79. The van der Waals surface area contributed by atoms with Gasteiger partial charge in [0.05, 0.1) is 5.56 Å². The first kappa shape index (κ1) is 13.5. The first-order valence-electron chi connectivity index (χ1n) is 5.08. The fourth-order valence-corrected chi connectivity index (χ4v) is 2.12. The minimum atomic E-state index is -0.541. The quantitative estimate of drug-likeness (QED) is 0.716. The molecule has 1 amide bonds. The molecule has 0 aliphatic rings. The zero-order valence-electron chi connectivity index (χ0n) is 9.08. The molecule has 0 spiro atoms. The normalized spacial score (nSPS) is 10.2. The van der Waals surface area contributed by atoms with Gasteiger partial charge in [0.25, 0.3) is 5.91 Å². The van der Waals surface area contributed by atoms with Crippen molar-refractivity contribution in [3.63, 3.8) is 0 Å². The molecule has 0 saturated heterocycles. The molecule has 0 fully saturated rings. The van der Waals surface area contributed by atoms with Gasteiger partial charge in [0, 0.05) is 13.7 Å². The van der Waals surface area contributed by atoms with Crippen LogP contribution in [0.1, 0.15) is 10.4 Å². The molecule has 2 rings (SSSR count). The Hall–Kier alpha value is -0.950. The fraction of sp³-hybridized carbons (Fsp3) is 0. The van der Waals surface area contributed by atoms with Gasteiger partial charge in [-0.2, -0.15) is 0 Å². The molecule has 0 radical (unpaired) electrons. The second-order valence-corrected chi connectivity index (χ2v) is 5.75. The Labute approximate surface area is 126 Å². The SMILES string of the molecule is O=C(Nc1ccc(I)cc1)c1cc(Br)ccc1F. The summed E-state index contributed by atoms with van der Waals surface area (Å²) in [6.45, 7) is 0. The van der Waals surface area contributed by atoms with Crippen molar-refractivity contribution in [2.75, 3.05) is 5.32 Å². The van der Waals surface area contributed by atoms with Crippen molar-refractivity contribution < 1.29 is 9.18 Å². The zero-order chi connectivity index (χ0) is 13.1. The number of halogens is 3. The van der Waals surface area contributed by atoms with E-state index < -0.39 is 11.7 Å². The summed E-state index contributed by atoms with van der Waals surface area (Å²) in [5.41, 5.74) is 0.655. The highest BCUT2D eigenvalue weighted by Crippen LogP contribution is 2.18. The lowest BCUT2D eigenvalue weighted by molar-refractivity contribution is 0.102. The fourth-order valence-electron chi connectivity index (χ4n) is 1.40. The molecule has 2 aromatic carbocycles. The summed E-state index contributed by atoms with van der Waals surface area (Å²) in [5.74, 6) is -1.00. The van der Waals surface area contributed by atoms with E-state index in [9.17, 15) is 9.18 Å². The lowest BCUT2D eigenvalue weighted by Crippen LogP contribution is -2.13. The van der Waals surface area contributed by atoms with E-state index in [0.29, 0.717) is 10.2 Å². The molecule has 2 nitrogen and oxygen atoms in total. The molecule has 18 heavy (non-hydrogen) atoms. The largest absolute Gasteiger partial charge is 0.322 e. The van der Waals surface area contributed by atoms with Gasteiger partial charge in [0.2, 0.25) is 0 Å². The number of amides is 1. The Balaban J connectivity index is 2.21. The molecule has 0 heterocycles. The van der Waals surface area contributed by atoms with Crippen LogP contribution in [0.3, 0.4) is 0 Å². The van der Waals surface area contributed by atoms with Crippen LogP contribution in [-0.2, 0) is 0 Å². The maximum atomic E-state index is 13.5. The van der Waals surface area contributed by atoms with Gasteiger partial charge < -0.3 is 5.32 Å². The zero-order valence-corrected chi connectivity index (χ0v) is 12.8. The van der Waals surface area contributed by atoms with Crippen LogP contribution in [0.25, 0.3) is 0 Å². The van der Waals surface area contributed by atoms with Gasteiger partial charge in [0.15, 0.2) is 0 Å². The Morgan fingerprint density at radius 3 is 2.50 bits per heavy atom. The molecule has 0 saturated carbocycles. The monoisotopic (exact) mass is 419 g/mol. The third kappa shape index (κ3) is 3.29. The summed E-state index contributed by atoms with van der Waals surface area (Å²) in [4.78, 5) is 11.9. The average Bonchev–Trinajstić information content (AvgIpc) is 2.35. The standard InChI is InChI=1S/C13H8BrFINO/c14-8-1-6-12(15)11(7-8)13(18)17-10-4-2-9(16)3-5-10/h1-7H,(H,17,18). The van der Waals surface area contributed by atoms with Gasteiger partial charge in [-0.3, -0.25) is 4.79 Å². The number of carbonyl (C=O) groups is 1. The summed E-state index contributed by atoms with van der Waals surface area (Å²) in [5, 5.41) is 2.65. The number of hydrogen-bond donors (Lipinski definition) is 1. The van der Waals surface area contributed by atoms with Crippen LogP contribution in [0.5, 0.6) is 0 Å². The Morgan fingerprint density at radius 1 is 1.17 bits per heavy atom. The number of rotatable bonds is 2. The lowest BCUT2D eigenvalue weighted by atomic mass is 10.2. The summed E-state index contributed by atoms with van der Waals surface area (Å²) >= 11 is 5.38. The van der Waals surface area contributed by atoms with Crippen molar-refractivity contribution in [3.8, 4) is 0 Å². The highest BCUT2D eigenvalue weighted by molar-refractivity contribution is 14.1. The molecule has 0 unspecified atom stereocenters. The van der Waals surface area contributed by atoms with Crippen molar-refractivity contribution in [2.24, 2.45) is 0 Å². The Morgan fingerprint density at radius 2 is 1.83 bits per heavy atom. The molecule has 0 atom stereocenters. The first-order valence-corrected chi connectivity index (χ1v) is 6.95. The van der Waals surface area contributed by atoms with E-state index in [1.807, 2.05) is 12.1 Å². The van der Waals surface area contributed by atoms with Crippen LogP contribution in [-0.4, -0.2) is 5.91 Å². The molecule has 5 heteroatoms. The minimum Gasteiger partial charge on any atom is -0.322 e. The molecule has 0 aliphatic heterocycles. The van der Waals surface area contributed by atoms with Crippen LogP contribution in [0.4, 0.5) is 10.1 Å². The van der Waals surface area contributed by atoms with E-state index in [1.54, 1.807) is 18.2 Å². The van der Waals surface area contributed by atoms with Gasteiger partial charge in [-0.05, 0) is 65.1 Å². The van der Waals surface area contributed by atoms with Crippen molar-refractivity contribution in [1.29, 1.82) is 0 Å². The Kier molecular flexibility index (Phi) is 4.34. The predicted octanol–water partition coefficient (Wildman–Crippen LogP) is 4.45. The van der Waals surface area contributed by atoms with Gasteiger partial charge in [-0.1, -0.05) is 15.9 Å². The number of benzene rings is 2. The van der Waals surface area contributed by atoms with Gasteiger partial charge in [-0.15, -0.1) is 0 Å². The number of carbonyl (C=O) groups excluding carboxylic acids is 1. The maximum absolute atomic E-state index is 13.5. The highest BCUT2D eigenvalue weighted by atomic mass is 127. The molecule has 0 bridgehead atoms. The maximum Gasteiger partial charge on any atom is 0.258 e. The molecule has 92 valence electrons. The smallest absolute Gasteiger partial charge is 0.258 e. The number of hydrogen-bond acceptors (Lipinski definition) is 1. The van der Waals surface area contributed by atoms with Crippen LogP contribution >= 0.6 is 38.5 Å². The van der Waals surface area contributed by atoms with E-state index in [4.69, 9.17) is 0 Å². The molecule has 2 aromatic rings. The van der Waals surface area contributed by atoms with Crippen molar-refractivity contribution in [1.82, 2.24) is 0 Å². The molecule has 1 N–H and O–H groups in total. The van der Waals surface area contributed by atoms with Crippen LogP contribution < -0.4 is 5.32 Å². The van der Waals surface area contributed by atoms with Crippen LogP contribution in [0.2, 0.25) is 0 Å². The first-order chi connectivity index (χ1) is 8.56. The topological polar surface area (TPSA) is 29.1 Å². The number of nitrogens with one attached hydrogen (secondary N) is 1. The predicted molar refractivity (Wildman–Crippen MR) is 81.2 cm³/mol. The van der Waals surface area contributed by atoms with E-state index in [1.165, 1.54) is 12.1 Å². The third-order valence-electron chi connectivity index (χ3n) is 2.28. The van der Waals surface area contributed by atoms with Crippen molar-refractivity contribution >= 4 is 50.1 Å². The second-order valence-electron chi connectivity index (χ2n) is 3.59. The van der Waals surface area contributed by atoms with Gasteiger partial charge >= 0.3 is 0 Å². The number of anilines is 1. The summed E-state index contributed by atoms with van der Waals surface area (Å²) in [7, 11) is 0. The summed E-state index contributed by atoms with van der Waals surface area (Å²) in [6, 6.07) is 11.5. The minimum absolute atomic E-state index is 0.0166. The molecular weight excluding hydrogens is 412 g/mol.